The van der Waals surface area contributed by atoms with Crippen LogP contribution in [-0.2, 0) is 10.0 Å². The van der Waals surface area contributed by atoms with Crippen molar-refractivity contribution in [1.29, 1.82) is 0 Å². The summed E-state index contributed by atoms with van der Waals surface area (Å²) in [5.41, 5.74) is 0.156. The van der Waals surface area contributed by atoms with E-state index in [2.05, 4.69) is 4.72 Å². The summed E-state index contributed by atoms with van der Waals surface area (Å²) in [6.45, 7) is 3.71. The van der Waals surface area contributed by atoms with Gasteiger partial charge >= 0.3 is 0 Å². The highest BCUT2D eigenvalue weighted by atomic mass is 35.5. The van der Waals surface area contributed by atoms with Gasteiger partial charge in [-0.05, 0) is 35.7 Å². The molecule has 0 bridgehead atoms. The monoisotopic (exact) mass is 398 g/mol. The Hall–Kier alpha value is -2.16. The number of nitro benzene ring substituents is 1. The Labute approximate surface area is 157 Å². The zero-order valence-corrected chi connectivity index (χ0v) is 16.0. The summed E-state index contributed by atoms with van der Waals surface area (Å²) in [5, 5.41) is 11.3. The molecule has 0 heterocycles. The quantitative estimate of drug-likeness (QED) is 0.562. The van der Waals surface area contributed by atoms with Gasteiger partial charge in [0.25, 0.3) is 5.69 Å². The average Bonchev–Trinajstić information content (AvgIpc) is 2.59. The molecule has 1 N–H and O–H groups in total. The topological polar surface area (TPSA) is 98.5 Å². The van der Waals surface area contributed by atoms with Crippen molar-refractivity contribution in [3.05, 3.63) is 63.2 Å². The molecule has 0 radical (unpaired) electrons. The van der Waals surface area contributed by atoms with E-state index in [4.69, 9.17) is 16.3 Å². The number of rotatable bonds is 7. The third kappa shape index (κ3) is 4.51. The van der Waals surface area contributed by atoms with E-state index in [1.165, 1.54) is 13.2 Å². The van der Waals surface area contributed by atoms with E-state index >= 15 is 0 Å². The minimum absolute atomic E-state index is 0.0891. The van der Waals surface area contributed by atoms with Crippen LogP contribution in [0.5, 0.6) is 5.75 Å². The minimum atomic E-state index is -4.14. The van der Waals surface area contributed by atoms with Crippen molar-refractivity contribution in [2.75, 3.05) is 7.11 Å². The first kappa shape index (κ1) is 20.2. The van der Waals surface area contributed by atoms with Crippen LogP contribution < -0.4 is 9.46 Å². The fourth-order valence-corrected chi connectivity index (χ4v) is 4.18. The molecule has 26 heavy (non-hydrogen) atoms. The second kappa shape index (κ2) is 8.03. The predicted molar refractivity (Wildman–Crippen MR) is 99.0 cm³/mol. The van der Waals surface area contributed by atoms with E-state index in [0.717, 1.165) is 17.7 Å². The van der Waals surface area contributed by atoms with Gasteiger partial charge in [-0.2, -0.15) is 0 Å². The second-order valence-electron chi connectivity index (χ2n) is 5.99. The number of hydrogen-bond donors (Lipinski definition) is 1. The molecule has 2 aromatic rings. The highest BCUT2D eigenvalue weighted by Gasteiger charge is 2.30. The van der Waals surface area contributed by atoms with Crippen molar-refractivity contribution in [2.24, 2.45) is 5.92 Å². The molecular weight excluding hydrogens is 380 g/mol. The van der Waals surface area contributed by atoms with Crippen LogP contribution in [0.4, 0.5) is 5.69 Å². The highest BCUT2D eigenvalue weighted by molar-refractivity contribution is 7.89. The maximum absolute atomic E-state index is 12.8. The van der Waals surface area contributed by atoms with Crippen molar-refractivity contribution in [1.82, 2.24) is 4.72 Å². The van der Waals surface area contributed by atoms with Crippen LogP contribution >= 0.6 is 11.6 Å². The van der Waals surface area contributed by atoms with E-state index in [9.17, 15) is 18.5 Å². The minimum Gasteiger partial charge on any atom is -0.497 e. The summed E-state index contributed by atoms with van der Waals surface area (Å²) in [5.74, 6) is 0.553. The van der Waals surface area contributed by atoms with E-state index in [1.54, 1.807) is 24.3 Å². The number of benzene rings is 2. The molecule has 0 aliphatic rings. The number of sulfonamides is 1. The molecule has 2 rings (SSSR count). The van der Waals surface area contributed by atoms with Crippen LogP contribution in [0.25, 0.3) is 0 Å². The third-order valence-electron chi connectivity index (χ3n) is 3.83. The Morgan fingerprint density at radius 1 is 1.15 bits per heavy atom. The summed E-state index contributed by atoms with van der Waals surface area (Å²) >= 11 is 5.76. The molecule has 140 valence electrons. The summed E-state index contributed by atoms with van der Waals surface area (Å²) < 4.78 is 33.3. The van der Waals surface area contributed by atoms with E-state index < -0.39 is 31.6 Å². The number of halogens is 1. The molecule has 9 heteroatoms. The fraction of sp³-hybridized carbons (Fsp3) is 0.294. The normalized spacial score (nSPS) is 12.8. The Morgan fingerprint density at radius 2 is 1.77 bits per heavy atom. The molecule has 0 amide bonds. The van der Waals surface area contributed by atoms with Gasteiger partial charge in [0.15, 0.2) is 4.90 Å². The van der Waals surface area contributed by atoms with Gasteiger partial charge in [-0.3, -0.25) is 10.1 Å². The molecule has 0 saturated heterocycles. The number of hydrogen-bond acceptors (Lipinski definition) is 5. The van der Waals surface area contributed by atoms with Crippen LogP contribution in [0, 0.1) is 16.0 Å². The van der Waals surface area contributed by atoms with Crippen molar-refractivity contribution in [2.45, 2.75) is 24.8 Å². The maximum Gasteiger partial charge on any atom is 0.290 e. The smallest absolute Gasteiger partial charge is 0.290 e. The van der Waals surface area contributed by atoms with E-state index in [1.807, 2.05) is 13.8 Å². The Kier molecular flexibility index (Phi) is 6.22. The van der Waals surface area contributed by atoms with Gasteiger partial charge in [-0.1, -0.05) is 37.6 Å². The lowest BCUT2D eigenvalue weighted by Gasteiger charge is -2.23. The number of nitrogens with one attached hydrogen (secondary N) is 1. The zero-order valence-electron chi connectivity index (χ0n) is 14.5. The molecule has 1 atom stereocenters. The van der Waals surface area contributed by atoms with Crippen molar-refractivity contribution >= 4 is 27.3 Å². The summed E-state index contributed by atoms with van der Waals surface area (Å²) in [6.07, 6.45) is 0. The number of ether oxygens (including phenoxy) is 1. The van der Waals surface area contributed by atoms with Crippen molar-refractivity contribution in [3.63, 3.8) is 0 Å². The molecular formula is C17H19ClN2O5S. The molecule has 1 unspecified atom stereocenters. The molecule has 0 aromatic heterocycles. The molecule has 0 aliphatic carbocycles. The van der Waals surface area contributed by atoms with Crippen LogP contribution in [0.1, 0.15) is 25.5 Å². The Balaban J connectivity index is 2.43. The molecule has 7 nitrogen and oxygen atoms in total. The standard InChI is InChI=1S/C17H19ClN2O5S/c1-11(2)17(12-4-7-14(25-3)8-5-12)19-26(23,24)16-9-6-13(18)10-15(16)20(21)22/h4-11,17,19H,1-3H3. The predicted octanol–water partition coefficient (Wildman–Crippen LogP) is 3.93. The number of nitro groups is 1. The lowest BCUT2D eigenvalue weighted by molar-refractivity contribution is -0.387. The van der Waals surface area contributed by atoms with E-state index in [-0.39, 0.29) is 10.9 Å². The Morgan fingerprint density at radius 3 is 2.27 bits per heavy atom. The number of nitrogens with zero attached hydrogens (tertiary/aromatic N) is 1. The third-order valence-corrected chi connectivity index (χ3v) is 5.55. The zero-order chi connectivity index (χ0) is 19.5. The first-order valence-corrected chi connectivity index (χ1v) is 9.62. The fourth-order valence-electron chi connectivity index (χ4n) is 2.49. The highest BCUT2D eigenvalue weighted by Crippen LogP contribution is 2.30. The molecule has 0 fully saturated rings. The lowest BCUT2D eigenvalue weighted by Crippen LogP contribution is -2.32. The van der Waals surface area contributed by atoms with Crippen LogP contribution in [0.2, 0.25) is 5.02 Å². The summed E-state index contributed by atoms with van der Waals surface area (Å²) in [4.78, 5) is 10.0. The van der Waals surface area contributed by atoms with Gasteiger partial charge in [0.2, 0.25) is 10.0 Å². The lowest BCUT2D eigenvalue weighted by atomic mass is 9.97. The van der Waals surface area contributed by atoms with Gasteiger partial charge in [0.05, 0.1) is 12.0 Å². The number of methoxy groups -OCH3 is 1. The largest absolute Gasteiger partial charge is 0.497 e. The molecule has 0 spiro atoms. The average molecular weight is 399 g/mol. The van der Waals surface area contributed by atoms with Gasteiger partial charge in [0, 0.05) is 17.1 Å². The van der Waals surface area contributed by atoms with Crippen LogP contribution in [0.3, 0.4) is 0 Å². The van der Waals surface area contributed by atoms with Gasteiger partial charge in [0.1, 0.15) is 5.75 Å². The Bertz CT molecular complexity index is 898. The van der Waals surface area contributed by atoms with Crippen molar-refractivity contribution in [3.8, 4) is 5.75 Å². The first-order valence-electron chi connectivity index (χ1n) is 7.76. The summed E-state index contributed by atoms with van der Waals surface area (Å²) in [7, 11) is -2.60. The van der Waals surface area contributed by atoms with Gasteiger partial charge in [-0.15, -0.1) is 0 Å². The maximum atomic E-state index is 12.8. The van der Waals surface area contributed by atoms with Gasteiger partial charge in [-0.25, -0.2) is 13.1 Å². The molecule has 2 aromatic carbocycles. The SMILES string of the molecule is COc1ccc(C(NS(=O)(=O)c2ccc(Cl)cc2[N+](=O)[O-])C(C)C)cc1. The van der Waals surface area contributed by atoms with E-state index in [0.29, 0.717) is 5.75 Å². The summed E-state index contributed by atoms with van der Waals surface area (Å²) in [6, 6.07) is 9.85. The molecule has 0 aliphatic heterocycles. The van der Waals surface area contributed by atoms with Crippen LogP contribution in [0.15, 0.2) is 47.4 Å². The van der Waals surface area contributed by atoms with Crippen molar-refractivity contribution < 1.29 is 18.1 Å². The molecule has 0 saturated carbocycles. The first-order chi connectivity index (χ1) is 12.2. The van der Waals surface area contributed by atoms with Crippen LogP contribution in [-0.4, -0.2) is 20.5 Å². The second-order valence-corrected chi connectivity index (χ2v) is 8.10. The van der Waals surface area contributed by atoms with Gasteiger partial charge < -0.3 is 4.74 Å².